The monoisotopic (exact) mass is 436 g/mol. The number of benzene rings is 2. The lowest BCUT2D eigenvalue weighted by atomic mass is 9.85. The van der Waals surface area contributed by atoms with Gasteiger partial charge in [0.1, 0.15) is 6.61 Å². The summed E-state index contributed by atoms with van der Waals surface area (Å²) in [6, 6.07) is 12.8. The summed E-state index contributed by atoms with van der Waals surface area (Å²) in [5.74, 6) is 0.565. The van der Waals surface area contributed by atoms with E-state index in [0.29, 0.717) is 28.7 Å². The molecule has 158 valence electrons. The van der Waals surface area contributed by atoms with Crippen LogP contribution in [0.3, 0.4) is 0 Å². The second-order valence-electron chi connectivity index (χ2n) is 8.06. The number of hydrazone groups is 1. The molecule has 2 amide bonds. The first-order chi connectivity index (χ1) is 15.0. The Labute approximate surface area is 185 Å². The van der Waals surface area contributed by atoms with Crippen molar-refractivity contribution in [2.45, 2.75) is 13.0 Å². The van der Waals surface area contributed by atoms with Crippen molar-refractivity contribution < 1.29 is 19.1 Å². The van der Waals surface area contributed by atoms with Gasteiger partial charge in [0.05, 0.1) is 25.2 Å². The summed E-state index contributed by atoms with van der Waals surface area (Å²) in [4.78, 5) is 25.5. The Morgan fingerprint density at radius 1 is 1.03 bits per heavy atom. The number of hydrogen-bond donors (Lipinski definition) is 0. The van der Waals surface area contributed by atoms with Crippen molar-refractivity contribution >= 4 is 29.6 Å². The normalized spacial score (nSPS) is 26.2. The van der Waals surface area contributed by atoms with Crippen LogP contribution in [-0.2, 0) is 16.2 Å². The number of fused-ring (bicyclic) bond motifs is 5. The molecular formula is C24H21ClN2O4. The maximum Gasteiger partial charge on any atom is 0.254 e. The number of nitrogens with zero attached hydrogens (tertiary/aromatic N) is 2. The van der Waals surface area contributed by atoms with Gasteiger partial charge in [-0.15, -0.1) is 0 Å². The highest BCUT2D eigenvalue weighted by atomic mass is 35.5. The van der Waals surface area contributed by atoms with E-state index in [4.69, 9.17) is 21.1 Å². The number of amides is 2. The molecule has 7 heteroatoms. The molecule has 1 saturated heterocycles. The maximum atomic E-state index is 12.7. The minimum Gasteiger partial charge on any atom is -0.493 e. The van der Waals surface area contributed by atoms with Gasteiger partial charge in [-0.05, 0) is 59.7 Å². The Morgan fingerprint density at radius 3 is 2.35 bits per heavy atom. The summed E-state index contributed by atoms with van der Waals surface area (Å²) < 4.78 is 11.3. The Hall–Kier alpha value is -3.12. The number of rotatable bonds is 6. The average Bonchev–Trinajstić information content (AvgIpc) is 3.46. The lowest BCUT2D eigenvalue weighted by molar-refractivity contribution is -0.140. The lowest BCUT2D eigenvalue weighted by Crippen LogP contribution is -2.28. The van der Waals surface area contributed by atoms with Gasteiger partial charge in [0, 0.05) is 5.02 Å². The van der Waals surface area contributed by atoms with Gasteiger partial charge in [0.2, 0.25) is 0 Å². The Balaban J connectivity index is 1.29. The molecule has 0 aromatic heterocycles. The molecule has 2 fully saturated rings. The highest BCUT2D eigenvalue weighted by molar-refractivity contribution is 6.30. The Morgan fingerprint density at radius 2 is 1.71 bits per heavy atom. The molecule has 0 unspecified atom stereocenters. The molecule has 0 spiro atoms. The minimum atomic E-state index is -0.252. The number of imide groups is 1. The summed E-state index contributed by atoms with van der Waals surface area (Å²) in [5, 5.41) is 5.93. The smallest absolute Gasteiger partial charge is 0.254 e. The van der Waals surface area contributed by atoms with E-state index in [-0.39, 0.29) is 35.5 Å². The van der Waals surface area contributed by atoms with Crippen molar-refractivity contribution in [1.82, 2.24) is 5.01 Å². The van der Waals surface area contributed by atoms with Gasteiger partial charge in [0.25, 0.3) is 11.8 Å². The van der Waals surface area contributed by atoms with Crippen molar-refractivity contribution in [3.05, 3.63) is 70.8 Å². The van der Waals surface area contributed by atoms with E-state index >= 15 is 0 Å². The predicted octanol–water partition coefficient (Wildman–Crippen LogP) is 4.07. The molecule has 1 saturated carbocycles. The van der Waals surface area contributed by atoms with Crippen LogP contribution in [0.1, 0.15) is 17.5 Å². The molecule has 31 heavy (non-hydrogen) atoms. The lowest BCUT2D eigenvalue weighted by Gasteiger charge is -2.13. The summed E-state index contributed by atoms with van der Waals surface area (Å²) in [7, 11) is 1.56. The van der Waals surface area contributed by atoms with E-state index in [2.05, 4.69) is 17.3 Å². The number of methoxy groups -OCH3 is 1. The van der Waals surface area contributed by atoms with E-state index in [1.54, 1.807) is 25.3 Å². The Bertz CT molecular complexity index is 1070. The molecule has 3 aliphatic rings. The molecule has 2 aromatic carbocycles. The summed E-state index contributed by atoms with van der Waals surface area (Å²) in [6.07, 6.45) is 6.55. The van der Waals surface area contributed by atoms with E-state index < -0.39 is 0 Å². The first-order valence-electron chi connectivity index (χ1n) is 10.2. The fourth-order valence-electron chi connectivity index (χ4n) is 4.75. The number of carbonyl (C=O) groups is 2. The van der Waals surface area contributed by atoms with Crippen LogP contribution >= 0.6 is 11.6 Å². The number of hydrogen-bond acceptors (Lipinski definition) is 5. The first kappa shape index (κ1) is 19.8. The van der Waals surface area contributed by atoms with Crippen LogP contribution in [0.15, 0.2) is 59.7 Å². The fourth-order valence-corrected chi connectivity index (χ4v) is 4.88. The van der Waals surface area contributed by atoms with Gasteiger partial charge in [-0.3, -0.25) is 9.59 Å². The van der Waals surface area contributed by atoms with Gasteiger partial charge in [-0.25, -0.2) is 0 Å². The van der Waals surface area contributed by atoms with Gasteiger partial charge in [-0.1, -0.05) is 35.9 Å². The number of allylic oxidation sites excluding steroid dienone is 2. The molecule has 6 nitrogen and oxygen atoms in total. The largest absolute Gasteiger partial charge is 0.493 e. The summed E-state index contributed by atoms with van der Waals surface area (Å²) in [5.41, 5.74) is 1.69. The number of halogens is 1. The fraction of sp³-hybridized carbons (Fsp3) is 0.292. The summed E-state index contributed by atoms with van der Waals surface area (Å²) >= 11 is 5.91. The molecule has 0 radical (unpaired) electrons. The van der Waals surface area contributed by atoms with Crippen LogP contribution in [0.2, 0.25) is 5.02 Å². The zero-order valence-corrected chi connectivity index (χ0v) is 17.7. The molecule has 2 aromatic rings. The van der Waals surface area contributed by atoms with Crippen LogP contribution < -0.4 is 9.47 Å². The number of ether oxygens (including phenoxy) is 2. The standard InChI is InChI=1S/C24H21ClN2O4/c1-30-20-10-15(4-9-19(20)31-13-14-2-7-18(25)8-3-14)12-26-27-23(28)21-16-5-6-17(11-16)22(21)24(27)29/h2-10,12,16-17,21-22H,11,13H2,1H3/b26-12-/t16-,17-,21-,22-/m0/s1. The topological polar surface area (TPSA) is 68.2 Å². The van der Waals surface area contributed by atoms with Crippen LogP contribution in [-0.4, -0.2) is 30.1 Å². The third-order valence-electron chi connectivity index (χ3n) is 6.26. The Kier molecular flexibility index (Phi) is 5.02. The zero-order chi connectivity index (χ0) is 21.5. The molecule has 0 N–H and O–H groups in total. The molecule has 2 bridgehead atoms. The molecule has 1 heterocycles. The van der Waals surface area contributed by atoms with Crippen molar-refractivity contribution in [3.63, 3.8) is 0 Å². The SMILES string of the molecule is COc1cc(/C=N\N2C(=O)[C@@H]3[C@@H](C2=O)[C@H]2C=C[C@H]3C2)ccc1OCc1ccc(Cl)cc1. The highest BCUT2D eigenvalue weighted by Gasteiger charge is 2.59. The van der Waals surface area contributed by atoms with E-state index in [1.165, 1.54) is 6.21 Å². The average molecular weight is 437 g/mol. The predicted molar refractivity (Wildman–Crippen MR) is 116 cm³/mol. The third kappa shape index (κ3) is 3.51. The van der Waals surface area contributed by atoms with Crippen molar-refractivity contribution in [3.8, 4) is 11.5 Å². The van der Waals surface area contributed by atoms with Gasteiger partial charge in [-0.2, -0.15) is 10.1 Å². The van der Waals surface area contributed by atoms with E-state index in [9.17, 15) is 9.59 Å². The minimum absolute atomic E-state index is 0.170. The van der Waals surface area contributed by atoms with Crippen molar-refractivity contribution in [1.29, 1.82) is 0 Å². The maximum absolute atomic E-state index is 12.7. The summed E-state index contributed by atoms with van der Waals surface area (Å²) in [6.45, 7) is 0.372. The van der Waals surface area contributed by atoms with Crippen molar-refractivity contribution in [2.24, 2.45) is 28.8 Å². The van der Waals surface area contributed by atoms with Gasteiger partial charge in [0.15, 0.2) is 11.5 Å². The molecule has 2 aliphatic carbocycles. The van der Waals surface area contributed by atoms with Crippen LogP contribution in [0.4, 0.5) is 0 Å². The quantitative estimate of drug-likeness (QED) is 0.389. The van der Waals surface area contributed by atoms with Crippen LogP contribution in [0.5, 0.6) is 11.5 Å². The number of carbonyl (C=O) groups excluding carboxylic acids is 2. The molecule has 1 aliphatic heterocycles. The second-order valence-corrected chi connectivity index (χ2v) is 8.49. The van der Waals surface area contributed by atoms with Gasteiger partial charge >= 0.3 is 0 Å². The molecule has 5 rings (SSSR count). The highest BCUT2D eigenvalue weighted by Crippen LogP contribution is 2.52. The van der Waals surface area contributed by atoms with E-state index in [1.807, 2.05) is 24.3 Å². The zero-order valence-electron chi connectivity index (χ0n) is 16.9. The van der Waals surface area contributed by atoms with E-state index in [0.717, 1.165) is 17.0 Å². The van der Waals surface area contributed by atoms with Crippen LogP contribution in [0, 0.1) is 23.7 Å². The van der Waals surface area contributed by atoms with Gasteiger partial charge < -0.3 is 9.47 Å². The third-order valence-corrected chi connectivity index (χ3v) is 6.52. The van der Waals surface area contributed by atoms with Crippen LogP contribution in [0.25, 0.3) is 0 Å². The first-order valence-corrected chi connectivity index (χ1v) is 10.6. The molecular weight excluding hydrogens is 416 g/mol. The second kappa shape index (κ2) is 7.85. The molecule has 4 atom stereocenters. The van der Waals surface area contributed by atoms with Crippen molar-refractivity contribution in [2.75, 3.05) is 7.11 Å².